The fourth-order valence-corrected chi connectivity index (χ4v) is 1.79. The van der Waals surface area contributed by atoms with Gasteiger partial charge in [0.2, 0.25) is 0 Å². The Morgan fingerprint density at radius 3 is 2.77 bits per heavy atom. The molecule has 0 spiro atoms. The summed E-state index contributed by atoms with van der Waals surface area (Å²) in [6, 6.07) is 0. The molecule has 1 saturated heterocycles. The summed E-state index contributed by atoms with van der Waals surface area (Å²) < 4.78 is 10.7. The van der Waals surface area contributed by atoms with Crippen molar-refractivity contribution in [1.82, 2.24) is 0 Å². The number of ether oxygens (including phenoxy) is 2. The smallest absolute Gasteiger partial charge is 0.188 e. The fourth-order valence-electron chi connectivity index (χ4n) is 1.79. The lowest BCUT2D eigenvalue weighted by Crippen LogP contribution is -2.33. The molecule has 4 unspecified atom stereocenters. The van der Waals surface area contributed by atoms with Gasteiger partial charge in [0.15, 0.2) is 6.29 Å². The number of hydrogen-bond acceptors (Lipinski definition) is 3. The second kappa shape index (κ2) is 3.78. The van der Waals surface area contributed by atoms with Gasteiger partial charge in [0.1, 0.15) is 6.10 Å². The van der Waals surface area contributed by atoms with Gasteiger partial charge in [-0.15, -0.1) is 6.58 Å². The van der Waals surface area contributed by atoms with Crippen LogP contribution in [0.5, 0.6) is 0 Å². The third kappa shape index (κ3) is 2.10. The summed E-state index contributed by atoms with van der Waals surface area (Å²) in [5.41, 5.74) is 0. The van der Waals surface area contributed by atoms with Gasteiger partial charge in [-0.25, -0.2) is 0 Å². The van der Waals surface area contributed by atoms with Crippen LogP contribution in [0.2, 0.25) is 0 Å². The average molecular weight is 184 g/mol. The third-order valence-corrected chi connectivity index (χ3v) is 2.69. The molecule has 74 valence electrons. The van der Waals surface area contributed by atoms with E-state index in [1.807, 2.05) is 0 Å². The molecule has 1 saturated carbocycles. The van der Waals surface area contributed by atoms with E-state index in [4.69, 9.17) is 9.47 Å². The molecule has 0 aromatic heterocycles. The molecule has 2 fully saturated rings. The molecule has 2 rings (SSSR count). The van der Waals surface area contributed by atoms with Crippen molar-refractivity contribution in [2.24, 2.45) is 0 Å². The molecule has 3 nitrogen and oxygen atoms in total. The molecular formula is C10H16O3. The van der Waals surface area contributed by atoms with Gasteiger partial charge in [0, 0.05) is 0 Å². The Balaban J connectivity index is 1.77. The van der Waals surface area contributed by atoms with Gasteiger partial charge in [0.05, 0.1) is 12.2 Å². The summed E-state index contributed by atoms with van der Waals surface area (Å²) in [4.78, 5) is 0. The summed E-state index contributed by atoms with van der Waals surface area (Å²) in [6.07, 6.45) is 5.38. The maximum atomic E-state index is 9.60. The summed E-state index contributed by atoms with van der Waals surface area (Å²) >= 11 is 0. The molecule has 1 N–H and O–H groups in total. The average Bonchev–Trinajstić information content (AvgIpc) is 2.88. The van der Waals surface area contributed by atoms with E-state index in [0.29, 0.717) is 0 Å². The third-order valence-electron chi connectivity index (χ3n) is 2.69. The van der Waals surface area contributed by atoms with Gasteiger partial charge >= 0.3 is 0 Å². The first kappa shape index (κ1) is 9.19. The highest BCUT2D eigenvalue weighted by molar-refractivity contribution is 4.94. The van der Waals surface area contributed by atoms with Crippen molar-refractivity contribution < 1.29 is 14.6 Å². The molecule has 0 radical (unpaired) electrons. The predicted octanol–water partition coefficient (Wildman–Crippen LogP) is 1.22. The largest absolute Gasteiger partial charge is 0.390 e. The normalized spacial score (nSPS) is 44.4. The Labute approximate surface area is 78.3 Å². The molecule has 1 aliphatic heterocycles. The van der Waals surface area contributed by atoms with Crippen molar-refractivity contribution in [2.45, 2.75) is 50.3 Å². The molecule has 4 atom stereocenters. The van der Waals surface area contributed by atoms with Crippen LogP contribution in [-0.2, 0) is 9.47 Å². The van der Waals surface area contributed by atoms with Crippen LogP contribution in [0.3, 0.4) is 0 Å². The van der Waals surface area contributed by atoms with Crippen LogP contribution >= 0.6 is 0 Å². The lowest BCUT2D eigenvalue weighted by Gasteiger charge is -2.26. The van der Waals surface area contributed by atoms with Crippen molar-refractivity contribution in [3.63, 3.8) is 0 Å². The molecular weight excluding hydrogens is 168 g/mol. The van der Waals surface area contributed by atoms with Crippen LogP contribution in [-0.4, -0.2) is 29.7 Å². The predicted molar refractivity (Wildman–Crippen MR) is 48.2 cm³/mol. The summed E-state index contributed by atoms with van der Waals surface area (Å²) in [7, 11) is 0. The maximum Gasteiger partial charge on any atom is 0.188 e. The zero-order chi connectivity index (χ0) is 9.26. The molecule has 0 aromatic carbocycles. The number of rotatable bonds is 3. The first-order valence-electron chi connectivity index (χ1n) is 4.93. The first-order chi connectivity index (χ1) is 6.31. The van der Waals surface area contributed by atoms with Crippen LogP contribution in [0.4, 0.5) is 0 Å². The standard InChI is InChI=1S/C10H16O3/c1-2-8-10(12-8)13-9-6-4-3-5-7(9)11/h2,7-11H,1,3-6H2. The summed E-state index contributed by atoms with van der Waals surface area (Å²) in [5, 5.41) is 9.60. The number of hydrogen-bond donors (Lipinski definition) is 1. The fraction of sp³-hybridized carbons (Fsp3) is 0.800. The van der Waals surface area contributed by atoms with E-state index in [-0.39, 0.29) is 24.6 Å². The lowest BCUT2D eigenvalue weighted by atomic mass is 9.95. The first-order valence-corrected chi connectivity index (χ1v) is 4.93. The van der Waals surface area contributed by atoms with E-state index in [1.165, 1.54) is 0 Å². The topological polar surface area (TPSA) is 42.0 Å². The highest BCUT2D eigenvalue weighted by atomic mass is 16.8. The van der Waals surface area contributed by atoms with Gasteiger partial charge in [-0.1, -0.05) is 18.9 Å². The molecule has 0 amide bonds. The van der Waals surface area contributed by atoms with E-state index in [1.54, 1.807) is 6.08 Å². The van der Waals surface area contributed by atoms with E-state index < -0.39 is 0 Å². The molecule has 0 aromatic rings. The summed E-state index contributed by atoms with van der Waals surface area (Å²) in [6.45, 7) is 3.62. The molecule has 1 aliphatic carbocycles. The Kier molecular flexibility index (Phi) is 2.67. The van der Waals surface area contributed by atoms with Gasteiger partial charge in [-0.2, -0.15) is 0 Å². The molecule has 2 aliphatic rings. The van der Waals surface area contributed by atoms with Crippen LogP contribution in [0, 0.1) is 0 Å². The zero-order valence-electron chi connectivity index (χ0n) is 7.69. The minimum Gasteiger partial charge on any atom is -0.390 e. The van der Waals surface area contributed by atoms with Gasteiger partial charge in [-0.05, 0) is 12.8 Å². The van der Waals surface area contributed by atoms with Crippen molar-refractivity contribution >= 4 is 0 Å². The van der Waals surface area contributed by atoms with E-state index in [0.717, 1.165) is 25.7 Å². The van der Waals surface area contributed by atoms with Crippen molar-refractivity contribution in [3.05, 3.63) is 12.7 Å². The van der Waals surface area contributed by atoms with Crippen molar-refractivity contribution in [1.29, 1.82) is 0 Å². The second-order valence-electron chi connectivity index (χ2n) is 3.73. The SMILES string of the molecule is C=CC1OC1OC1CCCCC1O. The van der Waals surface area contributed by atoms with Crippen LogP contribution in [0.25, 0.3) is 0 Å². The minimum absolute atomic E-state index is 0.0244. The highest BCUT2D eigenvalue weighted by Crippen LogP contribution is 2.30. The lowest BCUT2D eigenvalue weighted by molar-refractivity contribution is -0.0913. The van der Waals surface area contributed by atoms with E-state index >= 15 is 0 Å². The molecule has 0 bridgehead atoms. The Morgan fingerprint density at radius 2 is 2.15 bits per heavy atom. The molecule has 1 heterocycles. The number of epoxide rings is 1. The number of aliphatic hydroxyl groups excluding tert-OH is 1. The van der Waals surface area contributed by atoms with Gasteiger partial charge in [-0.3, -0.25) is 0 Å². The van der Waals surface area contributed by atoms with Crippen LogP contribution in [0.15, 0.2) is 12.7 Å². The monoisotopic (exact) mass is 184 g/mol. The van der Waals surface area contributed by atoms with Crippen molar-refractivity contribution in [2.75, 3.05) is 0 Å². The van der Waals surface area contributed by atoms with Crippen LogP contribution in [0.1, 0.15) is 25.7 Å². The number of aliphatic hydroxyl groups is 1. The second-order valence-corrected chi connectivity index (χ2v) is 3.73. The van der Waals surface area contributed by atoms with Gasteiger partial charge < -0.3 is 14.6 Å². The van der Waals surface area contributed by atoms with E-state index in [9.17, 15) is 5.11 Å². The Hall–Kier alpha value is -0.380. The maximum absolute atomic E-state index is 9.60. The summed E-state index contributed by atoms with van der Waals surface area (Å²) in [5.74, 6) is 0. The van der Waals surface area contributed by atoms with Crippen LogP contribution < -0.4 is 0 Å². The quantitative estimate of drug-likeness (QED) is 0.529. The zero-order valence-corrected chi connectivity index (χ0v) is 7.69. The van der Waals surface area contributed by atoms with Crippen molar-refractivity contribution in [3.8, 4) is 0 Å². The Bertz CT molecular complexity index is 193. The van der Waals surface area contributed by atoms with Gasteiger partial charge in [0.25, 0.3) is 0 Å². The van der Waals surface area contributed by atoms with E-state index in [2.05, 4.69) is 6.58 Å². The highest BCUT2D eigenvalue weighted by Gasteiger charge is 2.40. The molecule has 13 heavy (non-hydrogen) atoms. The Morgan fingerprint density at radius 1 is 1.38 bits per heavy atom. The molecule has 3 heteroatoms. The minimum atomic E-state index is -0.302.